The second-order valence-corrected chi connectivity index (χ2v) is 7.51. The normalized spacial score (nSPS) is 16.1. The molecule has 0 aromatic heterocycles. The Morgan fingerprint density at radius 3 is 2.65 bits per heavy atom. The number of guanidine groups is 1. The van der Waals surface area contributed by atoms with Crippen LogP contribution in [-0.2, 0) is 22.7 Å². The van der Waals surface area contributed by atoms with Crippen LogP contribution in [0.2, 0.25) is 0 Å². The molecule has 0 radical (unpaired) electrons. The van der Waals surface area contributed by atoms with E-state index >= 15 is 0 Å². The molecule has 2 N–H and O–H groups in total. The maximum Gasteiger partial charge on any atom is 0.338 e. The summed E-state index contributed by atoms with van der Waals surface area (Å²) in [5, 5.41) is 6.65. The van der Waals surface area contributed by atoms with Crippen LogP contribution in [0.5, 0.6) is 0 Å². The van der Waals surface area contributed by atoms with Crippen molar-refractivity contribution in [2.45, 2.75) is 39.0 Å². The van der Waals surface area contributed by atoms with E-state index in [9.17, 15) is 9.59 Å². The summed E-state index contributed by atoms with van der Waals surface area (Å²) in [5.41, 5.74) is 2.42. The Balaban J connectivity index is 1.49. The lowest BCUT2D eigenvalue weighted by Gasteiger charge is -2.19. The number of aliphatic imine (C=N–C) groups is 1. The van der Waals surface area contributed by atoms with E-state index in [2.05, 4.69) is 15.6 Å². The van der Waals surface area contributed by atoms with Crippen molar-refractivity contribution < 1.29 is 14.3 Å². The van der Waals surface area contributed by atoms with Gasteiger partial charge in [-0.2, -0.15) is 0 Å². The summed E-state index contributed by atoms with van der Waals surface area (Å²) in [4.78, 5) is 30.4. The predicted molar refractivity (Wildman–Crippen MR) is 121 cm³/mol. The van der Waals surface area contributed by atoms with Gasteiger partial charge in [0.1, 0.15) is 6.61 Å². The first kappa shape index (κ1) is 22.3. The minimum absolute atomic E-state index is 0.181. The average molecular weight is 423 g/mol. The second-order valence-electron chi connectivity index (χ2n) is 7.51. The molecular formula is C24H30N4O3. The van der Waals surface area contributed by atoms with Gasteiger partial charge in [-0.05, 0) is 29.7 Å². The topological polar surface area (TPSA) is 83.0 Å². The smallest absolute Gasteiger partial charge is 0.338 e. The van der Waals surface area contributed by atoms with Gasteiger partial charge < -0.3 is 20.3 Å². The van der Waals surface area contributed by atoms with E-state index in [1.165, 1.54) is 0 Å². The van der Waals surface area contributed by atoms with Gasteiger partial charge in [0.05, 0.1) is 5.56 Å². The number of hydrogen-bond donors (Lipinski definition) is 2. The van der Waals surface area contributed by atoms with Gasteiger partial charge in [-0.25, -0.2) is 4.79 Å². The molecule has 0 spiro atoms. The maximum atomic E-state index is 12.4. The molecule has 7 heteroatoms. The highest BCUT2D eigenvalue weighted by atomic mass is 16.5. The molecule has 7 nitrogen and oxygen atoms in total. The van der Waals surface area contributed by atoms with E-state index in [4.69, 9.17) is 4.74 Å². The van der Waals surface area contributed by atoms with Gasteiger partial charge >= 0.3 is 5.97 Å². The van der Waals surface area contributed by atoms with E-state index < -0.39 is 0 Å². The van der Waals surface area contributed by atoms with Gasteiger partial charge in [0.15, 0.2) is 5.96 Å². The standard InChI is InChI=1S/C24H30N4O3/c1-3-22(29)28-13-12-21(16-28)27-24(25-2)26-15-19-10-7-11-20(14-19)23(30)31-17-18-8-5-4-6-9-18/h4-11,14,21H,3,12-13,15-17H2,1-2H3,(H2,25,26,27). The van der Waals surface area contributed by atoms with Crippen LogP contribution in [0, 0.1) is 0 Å². The number of likely N-dealkylation sites (tertiary alicyclic amines) is 1. The number of nitrogens with one attached hydrogen (secondary N) is 2. The van der Waals surface area contributed by atoms with E-state index in [0.717, 1.165) is 24.1 Å². The number of esters is 1. The third-order valence-corrected chi connectivity index (χ3v) is 5.24. The number of amides is 1. The molecular weight excluding hydrogens is 392 g/mol. The molecule has 1 fully saturated rings. The quantitative estimate of drug-likeness (QED) is 0.407. The zero-order chi connectivity index (χ0) is 22.1. The summed E-state index contributed by atoms with van der Waals surface area (Å²) < 4.78 is 5.42. The van der Waals surface area contributed by atoms with Crippen molar-refractivity contribution in [3.63, 3.8) is 0 Å². The largest absolute Gasteiger partial charge is 0.457 e. The number of carbonyl (C=O) groups excluding carboxylic acids is 2. The molecule has 31 heavy (non-hydrogen) atoms. The first-order valence-electron chi connectivity index (χ1n) is 10.6. The Kier molecular flexibility index (Phi) is 8.04. The van der Waals surface area contributed by atoms with Crippen molar-refractivity contribution in [3.05, 3.63) is 71.3 Å². The van der Waals surface area contributed by atoms with Crippen LogP contribution < -0.4 is 10.6 Å². The molecule has 1 atom stereocenters. The number of hydrogen-bond acceptors (Lipinski definition) is 4. The molecule has 1 aliphatic heterocycles. The SMILES string of the molecule is CCC(=O)N1CCC(NC(=NC)NCc2cccc(C(=O)OCc3ccccc3)c2)C1. The van der Waals surface area contributed by atoms with Crippen molar-refractivity contribution in [3.8, 4) is 0 Å². The molecule has 2 aromatic carbocycles. The number of benzene rings is 2. The van der Waals surface area contributed by atoms with Crippen molar-refractivity contribution in [1.29, 1.82) is 0 Å². The van der Waals surface area contributed by atoms with Crippen LogP contribution in [0.1, 0.15) is 41.3 Å². The van der Waals surface area contributed by atoms with Gasteiger partial charge in [-0.3, -0.25) is 9.79 Å². The molecule has 1 saturated heterocycles. The molecule has 164 valence electrons. The predicted octanol–water partition coefficient (Wildman–Crippen LogP) is 2.72. The minimum Gasteiger partial charge on any atom is -0.457 e. The Labute approximate surface area is 183 Å². The van der Waals surface area contributed by atoms with Crippen LogP contribution in [0.4, 0.5) is 0 Å². The van der Waals surface area contributed by atoms with Crippen LogP contribution in [0.15, 0.2) is 59.6 Å². The third kappa shape index (κ3) is 6.57. The lowest BCUT2D eigenvalue weighted by Crippen LogP contribution is -2.44. The number of rotatable bonds is 7. The van der Waals surface area contributed by atoms with Crippen molar-refractivity contribution >= 4 is 17.8 Å². The minimum atomic E-state index is -0.347. The Morgan fingerprint density at radius 1 is 1.13 bits per heavy atom. The van der Waals surface area contributed by atoms with Gasteiger partial charge in [0.2, 0.25) is 5.91 Å². The molecule has 0 aliphatic carbocycles. The van der Waals surface area contributed by atoms with E-state index in [0.29, 0.717) is 31.0 Å². The van der Waals surface area contributed by atoms with Crippen molar-refractivity contribution in [2.75, 3.05) is 20.1 Å². The first-order chi connectivity index (χ1) is 15.1. The summed E-state index contributed by atoms with van der Waals surface area (Å²) in [6.07, 6.45) is 1.43. The average Bonchev–Trinajstić information content (AvgIpc) is 3.29. The highest BCUT2D eigenvalue weighted by Crippen LogP contribution is 2.11. The van der Waals surface area contributed by atoms with E-state index in [1.807, 2.05) is 60.4 Å². The van der Waals surface area contributed by atoms with Crippen LogP contribution in [0.25, 0.3) is 0 Å². The monoisotopic (exact) mass is 422 g/mol. The number of carbonyl (C=O) groups is 2. The number of nitrogens with zero attached hydrogens (tertiary/aromatic N) is 2. The molecule has 1 amide bonds. The highest BCUT2D eigenvalue weighted by Gasteiger charge is 2.25. The lowest BCUT2D eigenvalue weighted by atomic mass is 10.1. The summed E-state index contributed by atoms with van der Waals surface area (Å²) in [6.45, 7) is 4.11. The summed E-state index contributed by atoms with van der Waals surface area (Å²) in [6, 6.07) is 17.2. The molecule has 1 aliphatic rings. The van der Waals surface area contributed by atoms with E-state index in [-0.39, 0.29) is 24.5 Å². The highest BCUT2D eigenvalue weighted by molar-refractivity contribution is 5.89. The van der Waals surface area contributed by atoms with Crippen molar-refractivity contribution in [1.82, 2.24) is 15.5 Å². The molecule has 3 rings (SSSR count). The molecule has 0 bridgehead atoms. The summed E-state index contributed by atoms with van der Waals surface area (Å²) in [5.74, 6) is 0.510. The molecule has 0 saturated carbocycles. The summed E-state index contributed by atoms with van der Waals surface area (Å²) in [7, 11) is 1.72. The van der Waals surface area contributed by atoms with Crippen LogP contribution in [0.3, 0.4) is 0 Å². The Hall–Kier alpha value is -3.35. The molecule has 1 heterocycles. The van der Waals surface area contributed by atoms with Gasteiger partial charge in [0.25, 0.3) is 0 Å². The zero-order valence-electron chi connectivity index (χ0n) is 18.1. The zero-order valence-corrected chi connectivity index (χ0v) is 18.1. The van der Waals surface area contributed by atoms with Gasteiger partial charge in [-0.1, -0.05) is 49.4 Å². The molecule has 1 unspecified atom stereocenters. The van der Waals surface area contributed by atoms with Gasteiger partial charge in [0, 0.05) is 39.1 Å². The Morgan fingerprint density at radius 2 is 1.90 bits per heavy atom. The first-order valence-corrected chi connectivity index (χ1v) is 10.6. The number of ether oxygens (including phenoxy) is 1. The maximum absolute atomic E-state index is 12.4. The van der Waals surface area contributed by atoms with Gasteiger partial charge in [-0.15, -0.1) is 0 Å². The fourth-order valence-corrected chi connectivity index (χ4v) is 3.52. The lowest BCUT2D eigenvalue weighted by molar-refractivity contribution is -0.129. The van der Waals surface area contributed by atoms with Crippen molar-refractivity contribution in [2.24, 2.45) is 4.99 Å². The fraction of sp³-hybridized carbons (Fsp3) is 0.375. The van der Waals surface area contributed by atoms with E-state index in [1.54, 1.807) is 13.1 Å². The summed E-state index contributed by atoms with van der Waals surface area (Å²) >= 11 is 0. The fourth-order valence-electron chi connectivity index (χ4n) is 3.52. The third-order valence-electron chi connectivity index (χ3n) is 5.24. The molecule has 2 aromatic rings. The van der Waals surface area contributed by atoms with Crippen LogP contribution >= 0.6 is 0 Å². The van der Waals surface area contributed by atoms with Crippen LogP contribution in [-0.4, -0.2) is 48.9 Å². The second kappa shape index (κ2) is 11.2. The Bertz CT molecular complexity index is 914.